The summed E-state index contributed by atoms with van der Waals surface area (Å²) < 4.78 is 34.4. The quantitative estimate of drug-likeness (QED) is 0.191. The average Bonchev–Trinajstić information content (AvgIpc) is 3.60. The summed E-state index contributed by atoms with van der Waals surface area (Å²) >= 11 is 0. The van der Waals surface area contributed by atoms with E-state index in [9.17, 15) is 0 Å². The molecule has 0 amide bonds. The topological polar surface area (TPSA) is 9.86 Å². The minimum Gasteiger partial charge on any atom is -0.309 e. The number of hydrogen-bond acceptors (Lipinski definition) is 0. The second-order valence-electron chi connectivity index (χ2n) is 11.2. The molecule has 6 aromatic carbocycles. The summed E-state index contributed by atoms with van der Waals surface area (Å²) in [6.45, 7) is -1.68. The first-order chi connectivity index (χ1) is 21.2. The van der Waals surface area contributed by atoms with E-state index in [4.69, 9.17) is 0 Å². The second kappa shape index (κ2) is 9.95. The van der Waals surface area contributed by atoms with Crippen molar-refractivity contribution in [3.63, 3.8) is 0 Å². The fourth-order valence-electron chi connectivity index (χ4n) is 6.77. The number of aromatic nitrogens is 2. The van der Waals surface area contributed by atoms with E-state index < -0.39 is 18.8 Å². The van der Waals surface area contributed by atoms with Gasteiger partial charge in [-0.25, -0.2) is 8.78 Å². The van der Waals surface area contributed by atoms with Gasteiger partial charge in [-0.15, -0.1) is 0 Å². The van der Waals surface area contributed by atoms with Crippen LogP contribution in [0.15, 0.2) is 146 Å². The van der Waals surface area contributed by atoms with E-state index in [1.165, 1.54) is 21.5 Å². The monoisotopic (exact) mass is 562 g/mol. The number of halogens is 2. The molecule has 0 bridgehead atoms. The largest absolute Gasteiger partial charge is 0.309 e. The molecule has 0 aliphatic carbocycles. The summed E-state index contributed by atoms with van der Waals surface area (Å²) in [6.07, 6.45) is 0. The molecule has 0 spiro atoms. The Balaban J connectivity index is 1.21. The van der Waals surface area contributed by atoms with Crippen molar-refractivity contribution < 1.29 is 8.78 Å². The van der Waals surface area contributed by atoms with Crippen LogP contribution < -0.4 is 0 Å². The predicted molar refractivity (Wildman–Crippen MR) is 174 cm³/mol. The molecule has 8 aromatic rings. The van der Waals surface area contributed by atoms with Gasteiger partial charge in [0.15, 0.2) is 0 Å². The van der Waals surface area contributed by atoms with Gasteiger partial charge in [-0.3, -0.25) is 0 Å². The van der Waals surface area contributed by atoms with Crippen LogP contribution in [0.2, 0.25) is 0 Å². The van der Waals surface area contributed by atoms with Gasteiger partial charge in [0.25, 0.3) is 0 Å². The van der Waals surface area contributed by atoms with Crippen LogP contribution in [0.4, 0.5) is 8.78 Å². The number of para-hydroxylation sites is 4. The summed E-state index contributed by atoms with van der Waals surface area (Å²) in [5.74, 6) is 0. The average molecular weight is 563 g/mol. The normalized spacial score (nSPS) is 12.1. The number of nitrogens with zero attached hydrogens (tertiary/aromatic N) is 2. The Morgan fingerprint density at radius 1 is 0.372 bits per heavy atom. The molecule has 208 valence electrons. The van der Waals surface area contributed by atoms with Gasteiger partial charge in [-0.05, 0) is 59.7 Å². The minimum absolute atomic E-state index is 0.617. The van der Waals surface area contributed by atoms with Crippen LogP contribution in [0.3, 0.4) is 0 Å². The van der Waals surface area contributed by atoms with Gasteiger partial charge in [-0.1, -0.05) is 97.1 Å². The first-order valence-corrected chi connectivity index (χ1v) is 14.5. The highest BCUT2D eigenvalue weighted by molar-refractivity contribution is 6.10. The second-order valence-corrected chi connectivity index (χ2v) is 11.2. The van der Waals surface area contributed by atoms with Crippen LogP contribution in [-0.2, 0) is 5.41 Å². The molecule has 8 rings (SSSR count). The van der Waals surface area contributed by atoms with E-state index in [2.05, 4.69) is 57.7 Å². The van der Waals surface area contributed by atoms with Crippen molar-refractivity contribution >= 4 is 43.6 Å². The smallest absolute Gasteiger partial charge is 0.106 e. The number of benzene rings is 6. The van der Waals surface area contributed by atoms with Gasteiger partial charge < -0.3 is 9.13 Å². The first kappa shape index (κ1) is 25.5. The zero-order valence-electron chi connectivity index (χ0n) is 23.4. The molecule has 0 fully saturated rings. The molecular formula is C39H28F2N2. The Morgan fingerprint density at radius 2 is 0.651 bits per heavy atom. The molecule has 0 atom stereocenters. The molecule has 0 N–H and O–H groups in total. The molecule has 2 aromatic heterocycles. The highest BCUT2D eigenvalue weighted by Gasteiger charge is 2.35. The van der Waals surface area contributed by atoms with Crippen molar-refractivity contribution in [3.8, 4) is 11.4 Å². The van der Waals surface area contributed by atoms with Crippen LogP contribution in [0.5, 0.6) is 0 Å². The van der Waals surface area contributed by atoms with E-state index in [-0.39, 0.29) is 0 Å². The molecule has 0 aliphatic heterocycles. The Hall–Kier alpha value is -5.22. The molecule has 2 heterocycles. The predicted octanol–water partition coefficient (Wildman–Crippen LogP) is 10.1. The maximum atomic E-state index is 15.0. The fraction of sp³-hybridized carbons (Fsp3) is 0.0769. The lowest BCUT2D eigenvalue weighted by atomic mass is 9.76. The molecule has 0 saturated carbocycles. The third kappa shape index (κ3) is 3.76. The van der Waals surface area contributed by atoms with Gasteiger partial charge in [0.2, 0.25) is 0 Å². The standard InChI is InChI=1S/C39H28F2N2/c40-25-39(26-41,27-17-21-29(22-18-27)42-35-13-5-1-9-31(35)32-10-2-6-14-36(32)42)28-19-23-30(24-20-28)43-37-15-7-3-11-33(37)34-12-4-8-16-38(34)43/h1-24H,25-26H2. The van der Waals surface area contributed by atoms with Gasteiger partial charge >= 0.3 is 0 Å². The fourth-order valence-corrected chi connectivity index (χ4v) is 6.77. The van der Waals surface area contributed by atoms with Crippen molar-refractivity contribution in [2.45, 2.75) is 5.41 Å². The Bertz CT molecular complexity index is 1990. The maximum Gasteiger partial charge on any atom is 0.106 e. The SMILES string of the molecule is FCC(CF)(c1ccc(-n2c3ccccc3c3ccccc32)cc1)c1ccc(-n2c3ccccc3c3ccccc32)cc1. The van der Waals surface area contributed by atoms with Crippen molar-refractivity contribution in [3.05, 3.63) is 157 Å². The summed E-state index contributed by atoms with van der Waals surface area (Å²) in [7, 11) is 0. The first-order valence-electron chi connectivity index (χ1n) is 14.5. The lowest BCUT2D eigenvalue weighted by molar-refractivity contribution is 0.279. The minimum atomic E-state index is -1.39. The van der Waals surface area contributed by atoms with Crippen molar-refractivity contribution in [2.24, 2.45) is 0 Å². The molecule has 43 heavy (non-hydrogen) atoms. The lowest BCUT2D eigenvalue weighted by Crippen LogP contribution is -2.33. The summed E-state index contributed by atoms with van der Waals surface area (Å²) in [5.41, 5.74) is 6.14. The third-order valence-electron chi connectivity index (χ3n) is 8.97. The molecule has 0 saturated heterocycles. The number of hydrogen-bond donors (Lipinski definition) is 0. The zero-order chi connectivity index (χ0) is 29.0. The number of rotatable bonds is 6. The van der Waals surface area contributed by atoms with Crippen molar-refractivity contribution in [1.29, 1.82) is 0 Å². The van der Waals surface area contributed by atoms with E-state index >= 15 is 8.78 Å². The number of alkyl halides is 2. The third-order valence-corrected chi connectivity index (χ3v) is 8.97. The Labute approximate surface area is 248 Å². The highest BCUT2D eigenvalue weighted by atomic mass is 19.1. The van der Waals surface area contributed by atoms with Crippen LogP contribution >= 0.6 is 0 Å². The Morgan fingerprint density at radius 3 is 0.930 bits per heavy atom. The molecule has 0 aliphatic rings. The lowest BCUT2D eigenvalue weighted by Gasteiger charge is -2.29. The molecule has 0 unspecified atom stereocenters. The van der Waals surface area contributed by atoms with E-state index in [1.54, 1.807) is 0 Å². The van der Waals surface area contributed by atoms with Gasteiger partial charge in [0.05, 0.1) is 27.5 Å². The van der Waals surface area contributed by atoms with Crippen molar-refractivity contribution in [1.82, 2.24) is 9.13 Å². The molecule has 0 radical (unpaired) electrons. The van der Waals surface area contributed by atoms with Gasteiger partial charge in [-0.2, -0.15) is 0 Å². The molecular weight excluding hydrogens is 534 g/mol. The zero-order valence-corrected chi connectivity index (χ0v) is 23.4. The van der Waals surface area contributed by atoms with Crippen molar-refractivity contribution in [2.75, 3.05) is 13.3 Å². The Kier molecular flexibility index (Phi) is 5.90. The van der Waals surface area contributed by atoms with Crippen LogP contribution in [0, 0.1) is 0 Å². The maximum absolute atomic E-state index is 15.0. The summed E-state index contributed by atoms with van der Waals surface area (Å²) in [4.78, 5) is 0. The molecule has 2 nitrogen and oxygen atoms in total. The summed E-state index contributed by atoms with van der Waals surface area (Å²) in [5, 5.41) is 4.69. The van der Waals surface area contributed by atoms with E-state index in [1.807, 2.05) is 97.1 Å². The summed E-state index contributed by atoms with van der Waals surface area (Å²) in [6, 6.07) is 48.6. The molecule has 4 heteroatoms. The van der Waals surface area contributed by atoms with Crippen LogP contribution in [-0.4, -0.2) is 22.5 Å². The van der Waals surface area contributed by atoms with Crippen LogP contribution in [0.1, 0.15) is 11.1 Å². The number of fused-ring (bicyclic) bond motifs is 6. The van der Waals surface area contributed by atoms with E-state index in [0.717, 1.165) is 33.4 Å². The van der Waals surface area contributed by atoms with Gasteiger partial charge in [0, 0.05) is 32.9 Å². The van der Waals surface area contributed by atoms with Gasteiger partial charge in [0.1, 0.15) is 13.3 Å². The highest BCUT2D eigenvalue weighted by Crippen LogP contribution is 2.38. The van der Waals surface area contributed by atoms with Crippen LogP contribution in [0.25, 0.3) is 55.0 Å². The van der Waals surface area contributed by atoms with E-state index in [0.29, 0.717) is 11.1 Å².